The van der Waals surface area contributed by atoms with Crippen molar-refractivity contribution in [3.63, 3.8) is 0 Å². The number of benzene rings is 1. The molecule has 2 rings (SSSR count). The lowest BCUT2D eigenvalue weighted by Crippen LogP contribution is -2.26. The molecule has 0 saturated carbocycles. The first-order chi connectivity index (χ1) is 9.93. The van der Waals surface area contributed by atoms with E-state index in [0.717, 1.165) is 0 Å². The third kappa shape index (κ3) is 3.83. The summed E-state index contributed by atoms with van der Waals surface area (Å²) in [4.78, 5) is 10.8. The van der Waals surface area contributed by atoms with E-state index >= 15 is 0 Å². The molecule has 1 aliphatic rings. The summed E-state index contributed by atoms with van der Waals surface area (Å²) in [7, 11) is 0. The molecule has 1 heterocycles. The van der Waals surface area contributed by atoms with Crippen LogP contribution in [0.2, 0.25) is 0 Å². The molecule has 1 aromatic rings. The first-order valence-corrected chi connectivity index (χ1v) is 6.89. The number of hydrogen-bond donors (Lipinski definition) is 1. The van der Waals surface area contributed by atoms with E-state index in [-0.39, 0.29) is 17.5 Å². The summed E-state index contributed by atoms with van der Waals surface area (Å²) in [6.45, 7) is 6.72. The number of anilines is 1. The van der Waals surface area contributed by atoms with E-state index in [2.05, 4.69) is 5.32 Å². The topological polar surface area (TPSA) is 82.9 Å². The largest absolute Gasteiger partial charge is 0.487 e. The molecule has 0 spiro atoms. The standard InChI is InChI=1S/C14H20N2O5/c1-4-19-12-7-5-6-11(13(12)16(17)18)15-8-10-9-20-14(2,3)21-10/h5-7,10,15H,4,8-9H2,1-3H3. The van der Waals surface area contributed by atoms with Crippen LogP contribution in [0.4, 0.5) is 11.4 Å². The zero-order chi connectivity index (χ0) is 15.5. The van der Waals surface area contributed by atoms with Crippen LogP contribution in [0.5, 0.6) is 5.75 Å². The summed E-state index contributed by atoms with van der Waals surface area (Å²) in [5, 5.41) is 14.3. The molecule has 1 unspecified atom stereocenters. The van der Waals surface area contributed by atoms with Gasteiger partial charge in [-0.1, -0.05) is 6.07 Å². The van der Waals surface area contributed by atoms with Crippen molar-refractivity contribution in [3.8, 4) is 5.75 Å². The number of nitrogens with zero attached hydrogens (tertiary/aromatic N) is 1. The highest BCUT2D eigenvalue weighted by Gasteiger charge is 2.33. The minimum atomic E-state index is -0.606. The minimum Gasteiger partial charge on any atom is -0.487 e. The predicted octanol–water partition coefficient (Wildman–Crippen LogP) is 2.56. The lowest BCUT2D eigenvalue weighted by Gasteiger charge is -2.17. The second kappa shape index (κ2) is 6.28. The molecular formula is C14H20N2O5. The number of nitro benzene ring substituents is 1. The summed E-state index contributed by atoms with van der Waals surface area (Å²) < 4.78 is 16.4. The fraction of sp³-hybridized carbons (Fsp3) is 0.571. The lowest BCUT2D eigenvalue weighted by molar-refractivity contribution is -0.384. The first kappa shape index (κ1) is 15.5. The number of para-hydroxylation sites is 1. The Bertz CT molecular complexity index is 518. The van der Waals surface area contributed by atoms with Gasteiger partial charge >= 0.3 is 5.69 Å². The molecule has 0 amide bonds. The molecule has 7 heteroatoms. The van der Waals surface area contributed by atoms with Gasteiger partial charge < -0.3 is 19.5 Å². The predicted molar refractivity (Wildman–Crippen MR) is 77.7 cm³/mol. The van der Waals surface area contributed by atoms with Gasteiger partial charge in [0, 0.05) is 6.54 Å². The Morgan fingerprint density at radius 3 is 2.86 bits per heavy atom. The molecule has 1 fully saturated rings. The Labute approximate surface area is 123 Å². The van der Waals surface area contributed by atoms with Gasteiger partial charge in [0.25, 0.3) is 0 Å². The molecular weight excluding hydrogens is 276 g/mol. The number of nitrogens with one attached hydrogen (secondary N) is 1. The Morgan fingerprint density at radius 2 is 2.29 bits per heavy atom. The second-order valence-corrected chi connectivity index (χ2v) is 5.17. The van der Waals surface area contributed by atoms with Gasteiger partial charge in [-0.3, -0.25) is 10.1 Å². The first-order valence-electron chi connectivity index (χ1n) is 6.89. The Hall–Kier alpha value is -1.86. The van der Waals surface area contributed by atoms with Gasteiger partial charge in [0.15, 0.2) is 11.5 Å². The van der Waals surface area contributed by atoms with Crippen molar-refractivity contribution in [2.75, 3.05) is 25.1 Å². The Balaban J connectivity index is 2.09. The average molecular weight is 296 g/mol. The molecule has 116 valence electrons. The molecule has 7 nitrogen and oxygen atoms in total. The molecule has 1 aromatic carbocycles. The van der Waals surface area contributed by atoms with E-state index in [0.29, 0.717) is 25.4 Å². The van der Waals surface area contributed by atoms with E-state index < -0.39 is 10.7 Å². The lowest BCUT2D eigenvalue weighted by atomic mass is 10.2. The number of rotatable bonds is 6. The van der Waals surface area contributed by atoms with Crippen LogP contribution in [-0.2, 0) is 9.47 Å². The third-order valence-electron chi connectivity index (χ3n) is 3.07. The highest BCUT2D eigenvalue weighted by molar-refractivity contribution is 5.68. The van der Waals surface area contributed by atoms with Gasteiger partial charge in [-0.15, -0.1) is 0 Å². The second-order valence-electron chi connectivity index (χ2n) is 5.17. The van der Waals surface area contributed by atoms with E-state index in [4.69, 9.17) is 14.2 Å². The molecule has 1 aliphatic heterocycles. The molecule has 1 N–H and O–H groups in total. The van der Waals surface area contributed by atoms with Gasteiger partial charge in [0.1, 0.15) is 11.8 Å². The molecule has 0 radical (unpaired) electrons. The van der Waals surface area contributed by atoms with Crippen LogP contribution in [0.1, 0.15) is 20.8 Å². The van der Waals surface area contributed by atoms with Crippen molar-refractivity contribution < 1.29 is 19.1 Å². The van der Waals surface area contributed by atoms with Gasteiger partial charge in [-0.2, -0.15) is 0 Å². The van der Waals surface area contributed by atoms with Crippen LogP contribution in [0, 0.1) is 10.1 Å². The molecule has 21 heavy (non-hydrogen) atoms. The van der Waals surface area contributed by atoms with Crippen molar-refractivity contribution in [1.29, 1.82) is 0 Å². The van der Waals surface area contributed by atoms with Crippen LogP contribution in [0.15, 0.2) is 18.2 Å². The normalized spacial score (nSPS) is 20.2. The smallest absolute Gasteiger partial charge is 0.333 e. The average Bonchev–Trinajstić information content (AvgIpc) is 2.76. The number of nitro groups is 1. The number of ether oxygens (including phenoxy) is 3. The minimum absolute atomic E-state index is 0.0578. The molecule has 0 aromatic heterocycles. The summed E-state index contributed by atoms with van der Waals surface area (Å²) in [6.07, 6.45) is -0.143. The van der Waals surface area contributed by atoms with E-state index in [1.807, 2.05) is 13.8 Å². The van der Waals surface area contributed by atoms with Crippen molar-refractivity contribution in [3.05, 3.63) is 28.3 Å². The van der Waals surface area contributed by atoms with E-state index in [9.17, 15) is 10.1 Å². The van der Waals surface area contributed by atoms with Gasteiger partial charge in [-0.05, 0) is 32.9 Å². The zero-order valence-corrected chi connectivity index (χ0v) is 12.4. The fourth-order valence-corrected chi connectivity index (χ4v) is 2.21. The third-order valence-corrected chi connectivity index (χ3v) is 3.07. The van der Waals surface area contributed by atoms with Crippen molar-refractivity contribution in [2.45, 2.75) is 32.7 Å². The number of hydrogen-bond acceptors (Lipinski definition) is 6. The maximum Gasteiger partial charge on any atom is 0.333 e. The monoisotopic (exact) mass is 296 g/mol. The molecule has 0 bridgehead atoms. The highest BCUT2D eigenvalue weighted by Crippen LogP contribution is 2.35. The molecule has 1 saturated heterocycles. The summed E-state index contributed by atoms with van der Waals surface area (Å²) in [5.74, 6) is -0.345. The van der Waals surface area contributed by atoms with Crippen LogP contribution < -0.4 is 10.1 Å². The van der Waals surface area contributed by atoms with Crippen LogP contribution in [0.25, 0.3) is 0 Å². The SMILES string of the molecule is CCOc1cccc(NCC2COC(C)(C)O2)c1[N+](=O)[O-]. The maximum atomic E-state index is 11.2. The maximum absolute atomic E-state index is 11.2. The molecule has 0 aliphatic carbocycles. The van der Waals surface area contributed by atoms with Crippen molar-refractivity contribution in [1.82, 2.24) is 0 Å². The van der Waals surface area contributed by atoms with E-state index in [1.165, 1.54) is 0 Å². The van der Waals surface area contributed by atoms with Gasteiger partial charge in [0.2, 0.25) is 0 Å². The highest BCUT2D eigenvalue weighted by atomic mass is 16.7. The summed E-state index contributed by atoms with van der Waals surface area (Å²) in [6, 6.07) is 4.96. The summed E-state index contributed by atoms with van der Waals surface area (Å²) in [5.41, 5.74) is 0.358. The van der Waals surface area contributed by atoms with Gasteiger partial charge in [0.05, 0.1) is 18.1 Å². The summed E-state index contributed by atoms with van der Waals surface area (Å²) >= 11 is 0. The zero-order valence-electron chi connectivity index (χ0n) is 12.4. The Kier molecular flexibility index (Phi) is 4.64. The van der Waals surface area contributed by atoms with Crippen molar-refractivity contribution in [2.24, 2.45) is 0 Å². The molecule has 1 atom stereocenters. The van der Waals surface area contributed by atoms with Crippen LogP contribution in [0.3, 0.4) is 0 Å². The van der Waals surface area contributed by atoms with Crippen molar-refractivity contribution >= 4 is 11.4 Å². The fourth-order valence-electron chi connectivity index (χ4n) is 2.21. The van der Waals surface area contributed by atoms with Gasteiger partial charge in [-0.25, -0.2) is 0 Å². The quantitative estimate of drug-likeness (QED) is 0.641. The Morgan fingerprint density at radius 1 is 1.52 bits per heavy atom. The van der Waals surface area contributed by atoms with Crippen LogP contribution >= 0.6 is 0 Å². The van der Waals surface area contributed by atoms with E-state index in [1.54, 1.807) is 25.1 Å². The van der Waals surface area contributed by atoms with Crippen LogP contribution in [-0.4, -0.2) is 36.6 Å².